The van der Waals surface area contributed by atoms with Gasteiger partial charge in [-0.2, -0.15) is 0 Å². The van der Waals surface area contributed by atoms with Crippen LogP contribution in [0.3, 0.4) is 0 Å². The third-order valence-electron chi connectivity index (χ3n) is 2.98. The molecule has 2 rings (SSSR count). The molecule has 2 aliphatic carbocycles. The first kappa shape index (κ1) is 8.05. The van der Waals surface area contributed by atoms with Gasteiger partial charge in [0.15, 0.2) is 0 Å². The fourth-order valence-electron chi connectivity index (χ4n) is 1.52. The second-order valence-corrected chi connectivity index (χ2v) is 3.97. The van der Waals surface area contributed by atoms with Crippen LogP contribution in [0.25, 0.3) is 0 Å². The van der Waals surface area contributed by atoms with Gasteiger partial charge in [-0.15, -0.1) is 0 Å². The third kappa shape index (κ3) is 1.22. The molecule has 0 aromatic heterocycles. The van der Waals surface area contributed by atoms with E-state index in [-0.39, 0.29) is 12.1 Å². The molecular formula is C9H15NO2. The Hall–Kier alpha value is -0.570. The summed E-state index contributed by atoms with van der Waals surface area (Å²) in [6.45, 7) is 0. The van der Waals surface area contributed by atoms with Crippen molar-refractivity contribution >= 4 is 5.97 Å². The van der Waals surface area contributed by atoms with Crippen molar-refractivity contribution in [2.24, 2.45) is 5.73 Å². The molecule has 0 aromatic rings. The van der Waals surface area contributed by atoms with E-state index in [9.17, 15) is 4.79 Å². The number of carbonyl (C=O) groups is 1. The zero-order valence-corrected chi connectivity index (χ0v) is 7.21. The average Bonchev–Trinajstić information content (AvgIpc) is 1.91. The molecule has 12 heavy (non-hydrogen) atoms. The molecule has 0 heterocycles. The molecule has 0 spiro atoms. The summed E-state index contributed by atoms with van der Waals surface area (Å²) in [6.07, 6.45) is 6.10. The van der Waals surface area contributed by atoms with Crippen molar-refractivity contribution in [2.45, 2.75) is 50.2 Å². The number of esters is 1. The molecule has 0 aliphatic heterocycles. The Kier molecular flexibility index (Phi) is 1.83. The van der Waals surface area contributed by atoms with E-state index in [0.29, 0.717) is 0 Å². The minimum atomic E-state index is -0.615. The molecule has 0 amide bonds. The number of rotatable bonds is 2. The molecule has 0 atom stereocenters. The number of carbonyl (C=O) groups excluding carboxylic acids is 1. The first-order chi connectivity index (χ1) is 5.71. The number of hydrogen-bond acceptors (Lipinski definition) is 3. The molecule has 0 aromatic carbocycles. The number of nitrogens with two attached hydrogens (primary N) is 1. The highest BCUT2D eigenvalue weighted by Crippen LogP contribution is 2.32. The van der Waals surface area contributed by atoms with E-state index in [1.165, 1.54) is 6.42 Å². The summed E-state index contributed by atoms with van der Waals surface area (Å²) in [4.78, 5) is 11.4. The fraction of sp³-hybridized carbons (Fsp3) is 0.889. The first-order valence-electron chi connectivity index (χ1n) is 4.71. The largest absolute Gasteiger partial charge is 0.461 e. The zero-order valence-electron chi connectivity index (χ0n) is 7.21. The van der Waals surface area contributed by atoms with Gasteiger partial charge in [-0.25, -0.2) is 0 Å². The summed E-state index contributed by atoms with van der Waals surface area (Å²) in [6, 6.07) is 0. The average molecular weight is 169 g/mol. The smallest absolute Gasteiger partial charge is 0.326 e. The molecule has 2 fully saturated rings. The highest BCUT2D eigenvalue weighted by atomic mass is 16.5. The summed E-state index contributed by atoms with van der Waals surface area (Å²) < 4.78 is 5.23. The maximum absolute atomic E-state index is 11.4. The monoisotopic (exact) mass is 169 g/mol. The van der Waals surface area contributed by atoms with Gasteiger partial charge in [-0.3, -0.25) is 4.79 Å². The van der Waals surface area contributed by atoms with E-state index >= 15 is 0 Å². The Balaban J connectivity index is 1.82. The van der Waals surface area contributed by atoms with E-state index in [4.69, 9.17) is 10.5 Å². The van der Waals surface area contributed by atoms with Gasteiger partial charge in [0.2, 0.25) is 0 Å². The maximum Gasteiger partial charge on any atom is 0.326 e. The van der Waals surface area contributed by atoms with Crippen molar-refractivity contribution in [1.82, 2.24) is 0 Å². The third-order valence-corrected chi connectivity index (χ3v) is 2.98. The van der Waals surface area contributed by atoms with Crippen molar-refractivity contribution < 1.29 is 9.53 Å². The summed E-state index contributed by atoms with van der Waals surface area (Å²) >= 11 is 0. The van der Waals surface area contributed by atoms with Crippen molar-refractivity contribution in [1.29, 1.82) is 0 Å². The lowest BCUT2D eigenvalue weighted by atomic mass is 9.78. The van der Waals surface area contributed by atoms with Gasteiger partial charge in [0.25, 0.3) is 0 Å². The fourth-order valence-corrected chi connectivity index (χ4v) is 1.52. The van der Waals surface area contributed by atoms with Gasteiger partial charge in [-0.1, -0.05) is 0 Å². The summed E-state index contributed by atoms with van der Waals surface area (Å²) in [7, 11) is 0. The van der Waals surface area contributed by atoms with Gasteiger partial charge >= 0.3 is 5.97 Å². The van der Waals surface area contributed by atoms with Crippen LogP contribution in [0.2, 0.25) is 0 Å². The Labute approximate surface area is 72.3 Å². The topological polar surface area (TPSA) is 52.3 Å². The molecule has 0 radical (unpaired) electrons. The second-order valence-electron chi connectivity index (χ2n) is 3.97. The quantitative estimate of drug-likeness (QED) is 0.626. The van der Waals surface area contributed by atoms with Gasteiger partial charge < -0.3 is 10.5 Å². The highest BCUT2D eigenvalue weighted by Gasteiger charge is 2.43. The maximum atomic E-state index is 11.4. The van der Waals surface area contributed by atoms with Crippen LogP contribution in [0.1, 0.15) is 38.5 Å². The predicted molar refractivity (Wildman–Crippen MR) is 44.5 cm³/mol. The number of hydrogen-bond donors (Lipinski definition) is 1. The van der Waals surface area contributed by atoms with Crippen LogP contribution in [0, 0.1) is 0 Å². The van der Waals surface area contributed by atoms with Crippen LogP contribution >= 0.6 is 0 Å². The molecule has 0 saturated heterocycles. The number of ether oxygens (including phenoxy) is 1. The molecule has 2 aliphatic rings. The molecule has 2 N–H and O–H groups in total. The van der Waals surface area contributed by atoms with Crippen molar-refractivity contribution in [3.05, 3.63) is 0 Å². The highest BCUT2D eigenvalue weighted by molar-refractivity contribution is 5.81. The lowest BCUT2D eigenvalue weighted by Gasteiger charge is -2.37. The van der Waals surface area contributed by atoms with E-state index in [0.717, 1.165) is 32.1 Å². The van der Waals surface area contributed by atoms with Crippen molar-refractivity contribution in [3.63, 3.8) is 0 Å². The summed E-state index contributed by atoms with van der Waals surface area (Å²) in [5.41, 5.74) is 5.18. The van der Waals surface area contributed by atoms with Crippen LogP contribution < -0.4 is 5.73 Å². The molecule has 0 unspecified atom stereocenters. The van der Waals surface area contributed by atoms with Crippen molar-refractivity contribution in [2.75, 3.05) is 0 Å². The Morgan fingerprint density at radius 1 is 1.33 bits per heavy atom. The second kappa shape index (κ2) is 2.73. The van der Waals surface area contributed by atoms with Crippen molar-refractivity contribution in [3.8, 4) is 0 Å². The van der Waals surface area contributed by atoms with E-state index in [1.807, 2.05) is 0 Å². The molecular weight excluding hydrogens is 154 g/mol. The Morgan fingerprint density at radius 2 is 2.00 bits per heavy atom. The van der Waals surface area contributed by atoms with Crippen LogP contribution in [0.5, 0.6) is 0 Å². The molecule has 2 saturated carbocycles. The van der Waals surface area contributed by atoms with E-state index in [1.54, 1.807) is 0 Å². The zero-order chi connectivity index (χ0) is 8.60. The minimum absolute atomic E-state index is 0.168. The molecule has 3 heteroatoms. The SMILES string of the molecule is NC1(C(=O)OC2CCC2)CCC1. The van der Waals surface area contributed by atoms with Gasteiger partial charge in [-0.05, 0) is 38.5 Å². The summed E-state index contributed by atoms with van der Waals surface area (Å²) in [5, 5.41) is 0. The molecule has 0 bridgehead atoms. The molecule has 3 nitrogen and oxygen atoms in total. The van der Waals surface area contributed by atoms with Gasteiger partial charge in [0.1, 0.15) is 11.6 Å². The first-order valence-corrected chi connectivity index (χ1v) is 4.71. The normalized spacial score (nSPS) is 27.1. The summed E-state index contributed by atoms with van der Waals surface area (Å²) in [5.74, 6) is -0.168. The van der Waals surface area contributed by atoms with Gasteiger partial charge in [0.05, 0.1) is 0 Å². The Bertz CT molecular complexity index is 195. The standard InChI is InChI=1S/C9H15NO2/c10-9(5-2-6-9)8(11)12-7-3-1-4-7/h7H,1-6,10H2. The Morgan fingerprint density at radius 3 is 2.33 bits per heavy atom. The molecule has 68 valence electrons. The lowest BCUT2D eigenvalue weighted by Crippen LogP contribution is -2.55. The van der Waals surface area contributed by atoms with E-state index < -0.39 is 5.54 Å². The van der Waals surface area contributed by atoms with Gasteiger partial charge in [0, 0.05) is 0 Å². The van der Waals surface area contributed by atoms with Crippen LogP contribution in [-0.2, 0) is 9.53 Å². The predicted octanol–water partition coefficient (Wildman–Crippen LogP) is 0.963. The van der Waals surface area contributed by atoms with E-state index in [2.05, 4.69) is 0 Å². The lowest BCUT2D eigenvalue weighted by molar-refractivity contribution is -0.163. The van der Waals surface area contributed by atoms with Crippen LogP contribution in [-0.4, -0.2) is 17.6 Å². The minimum Gasteiger partial charge on any atom is -0.461 e. The van der Waals surface area contributed by atoms with Crippen LogP contribution in [0.15, 0.2) is 0 Å². The van der Waals surface area contributed by atoms with Crippen LogP contribution in [0.4, 0.5) is 0 Å².